The molecule has 130 valence electrons. The monoisotopic (exact) mass is 337 g/mol. The number of benzene rings is 1. The molecule has 1 N–H and O–H groups in total. The zero-order valence-electron chi connectivity index (χ0n) is 15.0. The van der Waals surface area contributed by atoms with Crippen molar-refractivity contribution in [3.63, 3.8) is 0 Å². The van der Waals surface area contributed by atoms with E-state index >= 15 is 0 Å². The number of fused-ring (bicyclic) bond motifs is 1. The van der Waals surface area contributed by atoms with Gasteiger partial charge in [0, 0.05) is 16.5 Å². The lowest BCUT2D eigenvalue weighted by Crippen LogP contribution is -2.27. The first-order valence-corrected chi connectivity index (χ1v) is 8.94. The van der Waals surface area contributed by atoms with Gasteiger partial charge in [-0.2, -0.15) is 5.26 Å². The summed E-state index contributed by atoms with van der Waals surface area (Å²) in [7, 11) is 0. The molecule has 2 fully saturated rings. The van der Waals surface area contributed by atoms with Gasteiger partial charge in [-0.15, -0.1) is 0 Å². The smallest absolute Gasteiger partial charge is 0.245 e. The fourth-order valence-electron chi connectivity index (χ4n) is 4.21. The second-order valence-corrected chi connectivity index (χ2v) is 8.59. The van der Waals surface area contributed by atoms with Crippen molar-refractivity contribution in [1.29, 1.82) is 5.26 Å². The minimum absolute atomic E-state index is 0.0801. The summed E-state index contributed by atoms with van der Waals surface area (Å²) < 4.78 is 5.79. The zero-order chi connectivity index (χ0) is 17.9. The normalized spacial score (nSPS) is 24.4. The summed E-state index contributed by atoms with van der Waals surface area (Å²) >= 11 is 0. The average Bonchev–Trinajstić information content (AvgIpc) is 2.89. The second kappa shape index (κ2) is 5.08. The Morgan fingerprint density at radius 2 is 2.04 bits per heavy atom. The highest BCUT2D eigenvalue weighted by Gasteiger charge is 2.72. The third-order valence-corrected chi connectivity index (χ3v) is 5.81. The van der Waals surface area contributed by atoms with E-state index in [0.717, 1.165) is 31.2 Å². The molecular formula is C20H23N3O2. The van der Waals surface area contributed by atoms with Crippen molar-refractivity contribution in [2.75, 3.05) is 5.32 Å². The summed E-state index contributed by atoms with van der Waals surface area (Å²) in [5.74, 6) is 0.502. The standard InChI is InChI=1S/C20H23N3O2/c1-18(2,3)17-23-14-10-13(6-7-15(14)25-17)22-16(24)20(12-21)11-19(20)8-4-5-9-19/h6-7,10H,4-5,8-9,11H2,1-3H3,(H,22,24). The van der Waals surface area contributed by atoms with E-state index in [1.165, 1.54) is 0 Å². The van der Waals surface area contributed by atoms with Gasteiger partial charge in [0.2, 0.25) is 11.8 Å². The van der Waals surface area contributed by atoms with Gasteiger partial charge in [-0.25, -0.2) is 4.98 Å². The van der Waals surface area contributed by atoms with Crippen molar-refractivity contribution in [2.45, 2.75) is 58.3 Å². The topological polar surface area (TPSA) is 78.9 Å². The van der Waals surface area contributed by atoms with Crippen LogP contribution in [0.5, 0.6) is 0 Å². The van der Waals surface area contributed by atoms with Crippen LogP contribution in [0, 0.1) is 22.2 Å². The van der Waals surface area contributed by atoms with E-state index in [-0.39, 0.29) is 16.7 Å². The molecule has 5 heteroatoms. The van der Waals surface area contributed by atoms with Crippen LogP contribution in [0.4, 0.5) is 5.69 Å². The lowest BCUT2D eigenvalue weighted by Gasteiger charge is -2.15. The fourth-order valence-corrected chi connectivity index (χ4v) is 4.21. The van der Waals surface area contributed by atoms with Crippen LogP contribution < -0.4 is 5.32 Å². The average molecular weight is 337 g/mol. The summed E-state index contributed by atoms with van der Waals surface area (Å²) in [6.07, 6.45) is 4.92. The molecule has 1 aromatic carbocycles. The summed E-state index contributed by atoms with van der Waals surface area (Å²) in [5, 5.41) is 12.6. The lowest BCUT2D eigenvalue weighted by molar-refractivity contribution is -0.120. The maximum Gasteiger partial charge on any atom is 0.245 e. The Labute approximate surface area is 147 Å². The minimum Gasteiger partial charge on any atom is -0.440 e. The van der Waals surface area contributed by atoms with Crippen LogP contribution in [0.2, 0.25) is 0 Å². The van der Waals surface area contributed by atoms with Crippen molar-refractivity contribution in [3.05, 3.63) is 24.1 Å². The first-order chi connectivity index (χ1) is 11.8. The third-order valence-electron chi connectivity index (χ3n) is 5.81. The predicted octanol–water partition coefficient (Wildman–Crippen LogP) is 4.54. The summed E-state index contributed by atoms with van der Waals surface area (Å²) in [5.41, 5.74) is 0.996. The van der Waals surface area contributed by atoms with Crippen LogP contribution in [0.15, 0.2) is 22.6 Å². The van der Waals surface area contributed by atoms with Crippen molar-refractivity contribution in [2.24, 2.45) is 10.8 Å². The number of hydrogen-bond donors (Lipinski definition) is 1. The Balaban J connectivity index is 1.59. The molecular weight excluding hydrogens is 314 g/mol. The molecule has 1 spiro atoms. The maximum absolute atomic E-state index is 12.8. The Kier molecular flexibility index (Phi) is 3.28. The van der Waals surface area contributed by atoms with Gasteiger partial charge in [-0.1, -0.05) is 33.6 Å². The van der Waals surface area contributed by atoms with Gasteiger partial charge in [0.05, 0.1) is 6.07 Å². The molecule has 2 aliphatic carbocycles. The number of aromatic nitrogens is 1. The van der Waals surface area contributed by atoms with Crippen molar-refractivity contribution in [1.82, 2.24) is 4.98 Å². The summed E-state index contributed by atoms with van der Waals surface area (Å²) in [6.45, 7) is 6.14. The van der Waals surface area contributed by atoms with Crippen LogP contribution in [-0.4, -0.2) is 10.9 Å². The molecule has 4 rings (SSSR count). The molecule has 0 radical (unpaired) electrons. The molecule has 5 nitrogen and oxygen atoms in total. The van der Waals surface area contributed by atoms with Gasteiger partial charge in [0.15, 0.2) is 5.58 Å². The molecule has 0 saturated heterocycles. The molecule has 1 unspecified atom stereocenters. The number of carbonyl (C=O) groups is 1. The number of rotatable bonds is 2. The van der Waals surface area contributed by atoms with E-state index in [4.69, 9.17) is 4.42 Å². The van der Waals surface area contributed by atoms with Crippen molar-refractivity contribution >= 4 is 22.7 Å². The molecule has 1 amide bonds. The van der Waals surface area contributed by atoms with E-state index in [2.05, 4.69) is 16.4 Å². The number of nitrogens with zero attached hydrogens (tertiary/aromatic N) is 2. The SMILES string of the molecule is CC(C)(C)c1nc2cc(NC(=O)C3(C#N)CC34CCCC4)ccc2o1. The molecule has 1 aromatic heterocycles. The molecule has 0 aliphatic heterocycles. The molecule has 1 heterocycles. The Hall–Kier alpha value is -2.35. The lowest BCUT2D eigenvalue weighted by atomic mass is 9.91. The number of oxazole rings is 1. The van der Waals surface area contributed by atoms with Crippen LogP contribution >= 0.6 is 0 Å². The summed E-state index contributed by atoms with van der Waals surface area (Å²) in [6, 6.07) is 7.78. The van der Waals surface area contributed by atoms with Gasteiger partial charge in [0.25, 0.3) is 0 Å². The molecule has 0 bridgehead atoms. The van der Waals surface area contributed by atoms with Gasteiger partial charge < -0.3 is 9.73 Å². The van der Waals surface area contributed by atoms with Crippen LogP contribution in [-0.2, 0) is 10.2 Å². The van der Waals surface area contributed by atoms with E-state index in [1.807, 2.05) is 39.0 Å². The number of amides is 1. The summed E-state index contributed by atoms with van der Waals surface area (Å²) in [4.78, 5) is 17.3. The van der Waals surface area contributed by atoms with Gasteiger partial charge in [0.1, 0.15) is 10.9 Å². The molecule has 2 aromatic rings. The second-order valence-electron chi connectivity index (χ2n) is 8.59. The fraction of sp³-hybridized carbons (Fsp3) is 0.550. The van der Waals surface area contributed by atoms with E-state index < -0.39 is 5.41 Å². The van der Waals surface area contributed by atoms with Crippen LogP contribution in [0.3, 0.4) is 0 Å². The Morgan fingerprint density at radius 3 is 2.68 bits per heavy atom. The predicted molar refractivity (Wildman–Crippen MR) is 94.9 cm³/mol. The van der Waals surface area contributed by atoms with Gasteiger partial charge in [-0.3, -0.25) is 4.79 Å². The van der Waals surface area contributed by atoms with E-state index in [1.54, 1.807) is 0 Å². The number of carbonyl (C=O) groups excluding carboxylic acids is 1. The third kappa shape index (κ3) is 2.35. The van der Waals surface area contributed by atoms with Crippen LogP contribution in [0.1, 0.15) is 58.8 Å². The highest BCUT2D eigenvalue weighted by atomic mass is 16.3. The number of anilines is 1. The Bertz CT molecular complexity index is 894. The highest BCUT2D eigenvalue weighted by molar-refractivity contribution is 6.01. The molecule has 25 heavy (non-hydrogen) atoms. The minimum atomic E-state index is -0.848. The number of hydrogen-bond acceptors (Lipinski definition) is 4. The van der Waals surface area contributed by atoms with E-state index in [9.17, 15) is 10.1 Å². The molecule has 2 aliphatic rings. The van der Waals surface area contributed by atoms with Crippen molar-refractivity contribution in [3.8, 4) is 6.07 Å². The highest BCUT2D eigenvalue weighted by Crippen LogP contribution is 2.71. The first-order valence-electron chi connectivity index (χ1n) is 8.94. The molecule has 1 atom stereocenters. The van der Waals surface area contributed by atoms with Gasteiger partial charge in [-0.05, 0) is 37.5 Å². The first kappa shape index (κ1) is 16.1. The largest absolute Gasteiger partial charge is 0.440 e. The van der Waals surface area contributed by atoms with Crippen molar-refractivity contribution < 1.29 is 9.21 Å². The quantitative estimate of drug-likeness (QED) is 0.872. The Morgan fingerprint density at radius 1 is 1.32 bits per heavy atom. The number of nitrogens with one attached hydrogen (secondary N) is 1. The zero-order valence-corrected chi connectivity index (χ0v) is 15.0. The van der Waals surface area contributed by atoms with Gasteiger partial charge >= 0.3 is 0 Å². The maximum atomic E-state index is 12.8. The molecule has 2 saturated carbocycles. The number of nitriles is 1. The van der Waals surface area contributed by atoms with E-state index in [0.29, 0.717) is 23.6 Å². The van der Waals surface area contributed by atoms with Crippen LogP contribution in [0.25, 0.3) is 11.1 Å².